The number of carbonyl (C=O) groups excluding carboxylic acids is 2. The predicted molar refractivity (Wildman–Crippen MR) is 73.2 cm³/mol. The maximum absolute atomic E-state index is 11.9. The maximum Gasteiger partial charge on any atom is 0.321 e. The van der Waals surface area contributed by atoms with Gasteiger partial charge in [-0.25, -0.2) is 0 Å². The van der Waals surface area contributed by atoms with E-state index in [1.54, 1.807) is 43.4 Å². The van der Waals surface area contributed by atoms with E-state index in [4.69, 9.17) is 0 Å². The molecule has 1 heterocycles. The number of carbonyl (C=O) groups is 2. The summed E-state index contributed by atoms with van der Waals surface area (Å²) in [5.41, 5.74) is 0.999. The highest BCUT2D eigenvalue weighted by atomic mass is 16.5. The van der Waals surface area contributed by atoms with E-state index in [0.29, 0.717) is 16.0 Å². The first-order chi connectivity index (χ1) is 9.61. The van der Waals surface area contributed by atoms with Gasteiger partial charge in [-0.3, -0.25) is 9.59 Å². The van der Waals surface area contributed by atoms with Gasteiger partial charge in [0.2, 0.25) is 0 Å². The lowest BCUT2D eigenvalue weighted by Gasteiger charge is -2.06. The third-order valence-corrected chi connectivity index (χ3v) is 2.69. The molecule has 2 amide bonds. The van der Waals surface area contributed by atoms with E-state index in [1.165, 1.54) is 12.3 Å². The number of nitrogens with zero attached hydrogens (tertiary/aromatic N) is 1. The van der Waals surface area contributed by atoms with Gasteiger partial charge in [-0.2, -0.15) is 4.73 Å². The van der Waals surface area contributed by atoms with Gasteiger partial charge in [-0.05, 0) is 30.3 Å². The first-order valence-corrected chi connectivity index (χ1v) is 5.93. The van der Waals surface area contributed by atoms with Gasteiger partial charge in [-0.15, -0.1) is 0 Å². The average Bonchev–Trinajstić information content (AvgIpc) is 2.47. The number of anilines is 1. The molecule has 102 valence electrons. The van der Waals surface area contributed by atoms with Crippen molar-refractivity contribution in [2.75, 3.05) is 12.4 Å². The molecule has 6 nitrogen and oxygen atoms in total. The second-order valence-electron chi connectivity index (χ2n) is 4.02. The minimum atomic E-state index is -0.506. The van der Waals surface area contributed by atoms with Crippen molar-refractivity contribution in [2.24, 2.45) is 0 Å². The normalized spacial score (nSPS) is 9.85. The van der Waals surface area contributed by atoms with E-state index in [-0.39, 0.29) is 11.6 Å². The number of benzene rings is 1. The molecule has 2 N–H and O–H groups in total. The Morgan fingerprint density at radius 1 is 1.05 bits per heavy atom. The second-order valence-corrected chi connectivity index (χ2v) is 4.02. The summed E-state index contributed by atoms with van der Waals surface area (Å²) in [6, 6.07) is 11.0. The van der Waals surface area contributed by atoms with Crippen molar-refractivity contribution in [3.63, 3.8) is 0 Å². The minimum absolute atomic E-state index is 0.00266. The van der Waals surface area contributed by atoms with Crippen molar-refractivity contribution in [3.05, 3.63) is 65.1 Å². The molecule has 1 aromatic heterocycles. The molecule has 1 aromatic carbocycles. The van der Waals surface area contributed by atoms with E-state index in [2.05, 4.69) is 10.6 Å². The van der Waals surface area contributed by atoms with Crippen molar-refractivity contribution in [1.29, 1.82) is 0 Å². The highest BCUT2D eigenvalue weighted by Crippen LogP contribution is 2.10. The van der Waals surface area contributed by atoms with E-state index >= 15 is 0 Å². The monoisotopic (exact) mass is 271 g/mol. The number of pyridine rings is 1. The van der Waals surface area contributed by atoms with E-state index < -0.39 is 5.91 Å². The van der Waals surface area contributed by atoms with Gasteiger partial charge in [0, 0.05) is 30.4 Å². The van der Waals surface area contributed by atoms with Crippen LogP contribution in [0.15, 0.2) is 48.7 Å². The molecule has 0 unspecified atom stereocenters. The van der Waals surface area contributed by atoms with Gasteiger partial charge >= 0.3 is 5.91 Å². The fourth-order valence-corrected chi connectivity index (χ4v) is 1.65. The average molecular weight is 271 g/mol. The van der Waals surface area contributed by atoms with Crippen LogP contribution in [0.25, 0.3) is 0 Å². The Morgan fingerprint density at radius 3 is 2.35 bits per heavy atom. The van der Waals surface area contributed by atoms with Crippen molar-refractivity contribution in [3.8, 4) is 0 Å². The fourth-order valence-electron chi connectivity index (χ4n) is 1.65. The summed E-state index contributed by atoms with van der Waals surface area (Å²) in [4.78, 5) is 23.3. The lowest BCUT2D eigenvalue weighted by molar-refractivity contribution is -0.607. The lowest BCUT2D eigenvalue weighted by atomic mass is 10.2. The molecule has 2 rings (SSSR count). The second kappa shape index (κ2) is 5.83. The van der Waals surface area contributed by atoms with Crippen LogP contribution in [0.4, 0.5) is 5.69 Å². The third kappa shape index (κ3) is 2.92. The summed E-state index contributed by atoms with van der Waals surface area (Å²) in [7, 11) is 1.54. The van der Waals surface area contributed by atoms with Crippen LogP contribution in [-0.2, 0) is 0 Å². The number of hydrogen-bond acceptors (Lipinski definition) is 3. The Balaban J connectivity index is 2.13. The van der Waals surface area contributed by atoms with Gasteiger partial charge in [0.1, 0.15) is 0 Å². The quantitative estimate of drug-likeness (QED) is 0.643. The molecular weight excluding hydrogens is 258 g/mol. The summed E-state index contributed by atoms with van der Waals surface area (Å²) in [5.74, 6) is -0.711. The third-order valence-electron chi connectivity index (χ3n) is 2.69. The Kier molecular flexibility index (Phi) is 3.95. The molecule has 0 aliphatic carbocycles. The smallest absolute Gasteiger partial charge is 0.321 e. The molecule has 6 heteroatoms. The largest absolute Gasteiger partial charge is 0.618 e. The molecular formula is C14H13N3O3. The highest BCUT2D eigenvalue weighted by molar-refractivity contribution is 6.02. The first-order valence-electron chi connectivity index (χ1n) is 5.93. The number of amides is 2. The van der Waals surface area contributed by atoms with Crippen LogP contribution in [0.1, 0.15) is 20.8 Å². The summed E-state index contributed by atoms with van der Waals surface area (Å²) in [5, 5.41) is 16.5. The molecule has 0 fully saturated rings. The zero-order valence-corrected chi connectivity index (χ0v) is 10.8. The summed E-state index contributed by atoms with van der Waals surface area (Å²) in [6.45, 7) is 0. The fraction of sp³-hybridized carbons (Fsp3) is 0.0714. The van der Waals surface area contributed by atoms with Crippen LogP contribution in [0.2, 0.25) is 0 Å². The Bertz CT molecular complexity index is 638. The van der Waals surface area contributed by atoms with Gasteiger partial charge in [0.15, 0.2) is 6.20 Å². The SMILES string of the molecule is CNC(=O)c1ccc(NC(=O)c2cccc[n+]2[O-])cc1. The van der Waals surface area contributed by atoms with E-state index in [9.17, 15) is 14.8 Å². The van der Waals surface area contributed by atoms with Gasteiger partial charge in [-0.1, -0.05) is 0 Å². The Hall–Kier alpha value is -2.89. The van der Waals surface area contributed by atoms with Gasteiger partial charge in [0.05, 0.1) is 0 Å². The Morgan fingerprint density at radius 2 is 1.75 bits per heavy atom. The van der Waals surface area contributed by atoms with Crippen molar-refractivity contribution < 1.29 is 14.3 Å². The molecule has 0 saturated carbocycles. The molecule has 0 aliphatic heterocycles. The topological polar surface area (TPSA) is 85.1 Å². The zero-order valence-electron chi connectivity index (χ0n) is 10.8. The van der Waals surface area contributed by atoms with Crippen LogP contribution in [0.5, 0.6) is 0 Å². The predicted octanol–water partition coefficient (Wildman–Crippen LogP) is 0.932. The summed E-state index contributed by atoms with van der Waals surface area (Å²) >= 11 is 0. The van der Waals surface area contributed by atoms with Crippen LogP contribution >= 0.6 is 0 Å². The first kappa shape index (κ1) is 13.5. The number of hydrogen-bond donors (Lipinski definition) is 2. The molecule has 0 spiro atoms. The summed E-state index contributed by atoms with van der Waals surface area (Å²) in [6.07, 6.45) is 1.25. The van der Waals surface area contributed by atoms with E-state index in [0.717, 1.165) is 0 Å². The minimum Gasteiger partial charge on any atom is -0.618 e. The van der Waals surface area contributed by atoms with E-state index in [1.807, 2.05) is 0 Å². The number of rotatable bonds is 3. The standard InChI is InChI=1S/C14H13N3O3/c1-15-13(18)10-5-7-11(8-6-10)16-14(19)12-4-2-3-9-17(12)20/h2-9H,1H3,(H,15,18)(H,16,19). The van der Waals surface area contributed by atoms with Crippen molar-refractivity contribution in [1.82, 2.24) is 5.32 Å². The highest BCUT2D eigenvalue weighted by Gasteiger charge is 2.15. The Labute approximate surface area is 115 Å². The number of aromatic nitrogens is 1. The van der Waals surface area contributed by atoms with Gasteiger partial charge in [0.25, 0.3) is 11.6 Å². The van der Waals surface area contributed by atoms with Crippen molar-refractivity contribution >= 4 is 17.5 Å². The maximum atomic E-state index is 11.9. The molecule has 0 atom stereocenters. The zero-order chi connectivity index (χ0) is 14.5. The molecule has 0 bridgehead atoms. The van der Waals surface area contributed by atoms with Crippen molar-refractivity contribution in [2.45, 2.75) is 0 Å². The molecule has 2 aromatic rings. The summed E-state index contributed by atoms with van der Waals surface area (Å²) < 4.78 is 0.494. The van der Waals surface area contributed by atoms with Crippen LogP contribution in [-0.4, -0.2) is 18.9 Å². The molecule has 0 saturated heterocycles. The molecule has 0 radical (unpaired) electrons. The van der Waals surface area contributed by atoms with Crippen LogP contribution < -0.4 is 15.4 Å². The van der Waals surface area contributed by atoms with Crippen LogP contribution in [0.3, 0.4) is 0 Å². The number of nitrogens with one attached hydrogen (secondary N) is 2. The van der Waals surface area contributed by atoms with Gasteiger partial charge < -0.3 is 15.8 Å². The lowest BCUT2D eigenvalue weighted by Crippen LogP contribution is -2.36. The molecule has 0 aliphatic rings. The van der Waals surface area contributed by atoms with Crippen LogP contribution in [0, 0.1) is 5.21 Å². The molecule has 20 heavy (non-hydrogen) atoms.